The topological polar surface area (TPSA) is 64.7 Å². The Bertz CT molecular complexity index is 720. The molecule has 2 aromatic rings. The second kappa shape index (κ2) is 7.11. The number of carbonyl (C=O) groups excluding carboxylic acids is 1. The molecular weight excluding hydrogens is 426 g/mol. The van der Waals surface area contributed by atoms with Gasteiger partial charge in [0.15, 0.2) is 5.84 Å². The van der Waals surface area contributed by atoms with E-state index in [1.54, 1.807) is 30.3 Å². The van der Waals surface area contributed by atoms with Crippen molar-refractivity contribution in [3.8, 4) is 0 Å². The summed E-state index contributed by atoms with van der Waals surface area (Å²) in [5, 5.41) is 4.42. The molecule has 0 saturated heterocycles. The molecule has 0 spiro atoms. The Kier molecular flexibility index (Phi) is 5.44. The largest absolute Gasteiger partial charge is 0.380 e. The van der Waals surface area contributed by atoms with Gasteiger partial charge in [-0.15, -0.1) is 0 Å². The van der Waals surface area contributed by atoms with Crippen LogP contribution in [0.5, 0.6) is 0 Å². The van der Waals surface area contributed by atoms with Crippen LogP contribution in [-0.4, -0.2) is 11.8 Å². The van der Waals surface area contributed by atoms with Gasteiger partial charge < -0.3 is 10.6 Å². The quantitative estimate of drug-likeness (QED) is 0.260. The van der Waals surface area contributed by atoms with Gasteiger partial charge in [-0.25, -0.2) is 4.79 Å². The number of nitrogens with two attached hydrogens (primary N) is 1. The van der Waals surface area contributed by atoms with E-state index < -0.39 is 5.97 Å². The van der Waals surface area contributed by atoms with E-state index in [0.29, 0.717) is 21.2 Å². The van der Waals surface area contributed by atoms with Crippen molar-refractivity contribution in [1.82, 2.24) is 0 Å². The summed E-state index contributed by atoms with van der Waals surface area (Å²) >= 11 is 13.8. The van der Waals surface area contributed by atoms with E-state index >= 15 is 0 Å². The van der Waals surface area contributed by atoms with E-state index in [4.69, 9.17) is 33.8 Å². The first kappa shape index (κ1) is 16.1. The molecule has 7 heteroatoms. The maximum absolute atomic E-state index is 11.9. The van der Waals surface area contributed by atoms with Gasteiger partial charge in [-0.3, -0.25) is 0 Å². The molecule has 2 N–H and O–H groups in total. The molecule has 0 fully saturated rings. The van der Waals surface area contributed by atoms with Crippen molar-refractivity contribution in [3.63, 3.8) is 0 Å². The van der Waals surface area contributed by atoms with Gasteiger partial charge in [0.05, 0.1) is 10.6 Å². The Hall–Kier alpha value is -1.31. The fourth-order valence-electron chi connectivity index (χ4n) is 1.51. The Labute approximate surface area is 145 Å². The Morgan fingerprint density at radius 2 is 1.86 bits per heavy atom. The second-order valence-corrected chi connectivity index (χ2v) is 5.97. The Morgan fingerprint density at radius 1 is 1.14 bits per heavy atom. The molecule has 2 rings (SSSR count). The normalized spacial score (nSPS) is 11.3. The lowest BCUT2D eigenvalue weighted by Gasteiger charge is -2.04. The van der Waals surface area contributed by atoms with E-state index in [1.165, 1.54) is 6.07 Å². The maximum Gasteiger partial charge on any atom is 0.366 e. The lowest BCUT2D eigenvalue weighted by molar-refractivity contribution is 0.0515. The number of amidine groups is 1. The highest BCUT2D eigenvalue weighted by molar-refractivity contribution is 14.1. The van der Waals surface area contributed by atoms with Crippen LogP contribution in [0.3, 0.4) is 0 Å². The van der Waals surface area contributed by atoms with Crippen LogP contribution in [0, 0.1) is 3.57 Å². The summed E-state index contributed by atoms with van der Waals surface area (Å²) in [5.74, 6) is -0.594. The van der Waals surface area contributed by atoms with Gasteiger partial charge in [0.1, 0.15) is 0 Å². The van der Waals surface area contributed by atoms with E-state index in [-0.39, 0.29) is 5.84 Å². The van der Waals surface area contributed by atoms with Gasteiger partial charge in [0.25, 0.3) is 0 Å². The van der Waals surface area contributed by atoms with Gasteiger partial charge in [-0.1, -0.05) is 40.5 Å². The van der Waals surface area contributed by atoms with Gasteiger partial charge >= 0.3 is 5.97 Å². The number of carbonyl (C=O) groups is 1. The number of halogens is 3. The van der Waals surface area contributed by atoms with Gasteiger partial charge in [-0.2, -0.15) is 0 Å². The van der Waals surface area contributed by atoms with Crippen molar-refractivity contribution in [2.75, 3.05) is 0 Å². The molecule has 0 amide bonds. The smallest absolute Gasteiger partial charge is 0.366 e. The van der Waals surface area contributed by atoms with Crippen LogP contribution in [0.1, 0.15) is 15.9 Å². The highest BCUT2D eigenvalue weighted by Gasteiger charge is 2.12. The molecular formula is C14H9Cl2IN2O2. The van der Waals surface area contributed by atoms with E-state index in [0.717, 1.165) is 3.57 Å². The first-order valence-electron chi connectivity index (χ1n) is 5.74. The van der Waals surface area contributed by atoms with Gasteiger partial charge in [0, 0.05) is 14.2 Å². The second-order valence-electron chi connectivity index (χ2n) is 3.96. The number of rotatable bonds is 3. The third kappa shape index (κ3) is 4.09. The van der Waals surface area contributed by atoms with E-state index in [2.05, 4.69) is 5.16 Å². The minimum Gasteiger partial charge on any atom is -0.380 e. The van der Waals surface area contributed by atoms with Crippen LogP contribution in [0.25, 0.3) is 0 Å². The summed E-state index contributed by atoms with van der Waals surface area (Å²) in [6.07, 6.45) is 0. The van der Waals surface area contributed by atoms with Crippen molar-refractivity contribution >= 4 is 57.6 Å². The molecule has 2 aromatic carbocycles. The average Bonchev–Trinajstić information content (AvgIpc) is 2.45. The zero-order valence-corrected chi connectivity index (χ0v) is 14.2. The molecule has 0 bridgehead atoms. The van der Waals surface area contributed by atoms with Crippen LogP contribution < -0.4 is 5.73 Å². The first-order valence-corrected chi connectivity index (χ1v) is 7.57. The van der Waals surface area contributed by atoms with E-state index in [1.807, 2.05) is 28.7 Å². The van der Waals surface area contributed by atoms with E-state index in [9.17, 15) is 4.79 Å². The summed E-state index contributed by atoms with van der Waals surface area (Å²) in [5.41, 5.74) is 6.61. The van der Waals surface area contributed by atoms with Crippen LogP contribution in [0.2, 0.25) is 10.0 Å². The third-order valence-corrected chi connectivity index (χ3v) is 4.02. The lowest BCUT2D eigenvalue weighted by Crippen LogP contribution is -2.16. The lowest BCUT2D eigenvalue weighted by atomic mass is 10.2. The molecule has 0 aromatic heterocycles. The van der Waals surface area contributed by atoms with Crippen LogP contribution in [-0.2, 0) is 4.84 Å². The van der Waals surface area contributed by atoms with Crippen LogP contribution >= 0.6 is 45.8 Å². The van der Waals surface area contributed by atoms with Crippen LogP contribution in [0.4, 0.5) is 0 Å². The molecule has 0 aliphatic rings. The van der Waals surface area contributed by atoms with Crippen molar-refractivity contribution in [2.24, 2.45) is 10.9 Å². The number of hydrogen-bond donors (Lipinski definition) is 1. The fourth-order valence-corrected chi connectivity index (χ4v) is 2.63. The highest BCUT2D eigenvalue weighted by Crippen LogP contribution is 2.21. The first-order chi connectivity index (χ1) is 9.99. The molecule has 0 atom stereocenters. The summed E-state index contributed by atoms with van der Waals surface area (Å²) in [4.78, 5) is 16.7. The number of nitrogens with zero attached hydrogens (tertiary/aromatic N) is 1. The predicted molar refractivity (Wildman–Crippen MR) is 91.8 cm³/mol. The number of benzene rings is 2. The Balaban J connectivity index is 2.17. The third-order valence-electron chi connectivity index (χ3n) is 2.53. The molecule has 0 unspecified atom stereocenters. The van der Waals surface area contributed by atoms with Gasteiger partial charge in [0.2, 0.25) is 0 Å². The highest BCUT2D eigenvalue weighted by atomic mass is 127. The standard InChI is InChI=1S/C14H9Cl2IN2O2/c15-8-5-6-9(11(16)7-8)13(18)19-21-14(20)10-3-1-2-4-12(10)17/h1-7H,(H2,18,19). The van der Waals surface area contributed by atoms with Crippen molar-refractivity contribution in [1.29, 1.82) is 0 Å². The molecule has 0 saturated carbocycles. The fraction of sp³-hybridized carbons (Fsp3) is 0. The molecule has 0 aliphatic heterocycles. The minimum absolute atomic E-state index is 0.00374. The summed E-state index contributed by atoms with van der Waals surface area (Å²) < 4.78 is 0.762. The van der Waals surface area contributed by atoms with Crippen molar-refractivity contribution in [3.05, 3.63) is 67.2 Å². The van der Waals surface area contributed by atoms with Crippen LogP contribution in [0.15, 0.2) is 47.6 Å². The van der Waals surface area contributed by atoms with Crippen molar-refractivity contribution < 1.29 is 9.63 Å². The molecule has 0 aliphatic carbocycles. The van der Waals surface area contributed by atoms with Crippen molar-refractivity contribution in [2.45, 2.75) is 0 Å². The molecule has 4 nitrogen and oxygen atoms in total. The predicted octanol–water partition coefficient (Wildman–Crippen LogP) is 4.08. The van der Waals surface area contributed by atoms with Gasteiger partial charge in [-0.05, 0) is 52.9 Å². The summed E-state index contributed by atoms with van der Waals surface area (Å²) in [6, 6.07) is 11.7. The monoisotopic (exact) mass is 434 g/mol. The zero-order valence-electron chi connectivity index (χ0n) is 10.5. The zero-order chi connectivity index (χ0) is 15.4. The average molecular weight is 435 g/mol. The molecule has 0 radical (unpaired) electrons. The SMILES string of the molecule is N/C(=N\OC(=O)c1ccccc1I)c1ccc(Cl)cc1Cl. The number of hydrogen-bond acceptors (Lipinski definition) is 3. The number of oxime groups is 1. The maximum atomic E-state index is 11.9. The molecule has 21 heavy (non-hydrogen) atoms. The molecule has 0 heterocycles. The Morgan fingerprint density at radius 3 is 2.52 bits per heavy atom. The summed E-state index contributed by atoms with van der Waals surface area (Å²) in [6.45, 7) is 0. The molecule has 108 valence electrons. The summed E-state index contributed by atoms with van der Waals surface area (Å²) in [7, 11) is 0. The minimum atomic E-state index is -0.590.